The molecule has 3 aromatic rings. The average Bonchev–Trinajstić information content (AvgIpc) is 2.68. The molecule has 2 aromatic carbocycles. The number of carbonyl (C=O) groups is 1. The average molecular weight is 343 g/mol. The van der Waals surface area contributed by atoms with Gasteiger partial charge in [-0.1, -0.05) is 42.0 Å². The highest BCUT2D eigenvalue weighted by atomic mass is 16.1. The van der Waals surface area contributed by atoms with Crippen molar-refractivity contribution in [1.29, 1.82) is 5.26 Å². The van der Waals surface area contributed by atoms with Crippen molar-refractivity contribution in [2.24, 2.45) is 0 Å². The van der Waals surface area contributed by atoms with E-state index in [1.165, 1.54) is 18.0 Å². The van der Waals surface area contributed by atoms with Crippen molar-refractivity contribution in [3.8, 4) is 6.07 Å². The summed E-state index contributed by atoms with van der Waals surface area (Å²) < 4.78 is 0. The number of nitrogens with one attached hydrogen (secondary N) is 2. The molecule has 0 bridgehead atoms. The van der Waals surface area contributed by atoms with Crippen LogP contribution in [0.5, 0.6) is 0 Å². The van der Waals surface area contributed by atoms with Crippen LogP contribution in [-0.2, 0) is 6.54 Å². The molecule has 128 valence electrons. The van der Waals surface area contributed by atoms with Crippen molar-refractivity contribution in [3.05, 3.63) is 83.2 Å². The Labute approximate surface area is 151 Å². The fourth-order valence-electron chi connectivity index (χ4n) is 2.31. The number of anilines is 2. The smallest absolute Gasteiger partial charge is 0.258 e. The molecule has 0 saturated carbocycles. The number of carbonyl (C=O) groups excluding carboxylic acids is 1. The standard InChI is InChI=1S/C20H17N5O/c1-14-6-8-15(9-7-14)11-22-20-23-12-17(13-24-20)19(26)25-18-5-3-2-4-16(18)10-21/h2-9,12-13H,11H2,1H3,(H,25,26)(H,22,23,24). The van der Waals surface area contributed by atoms with Gasteiger partial charge in [-0.05, 0) is 24.6 Å². The summed E-state index contributed by atoms with van der Waals surface area (Å²) in [5.74, 6) is 0.0809. The predicted octanol–water partition coefficient (Wildman–Crippen LogP) is 3.52. The SMILES string of the molecule is Cc1ccc(CNc2ncc(C(=O)Nc3ccccc3C#N)cn2)cc1. The molecule has 0 unspecified atom stereocenters. The molecule has 0 saturated heterocycles. The molecule has 0 aliphatic rings. The van der Waals surface area contributed by atoms with Gasteiger partial charge in [0, 0.05) is 18.9 Å². The highest BCUT2D eigenvalue weighted by Crippen LogP contribution is 2.15. The van der Waals surface area contributed by atoms with Crippen LogP contribution >= 0.6 is 0 Å². The maximum absolute atomic E-state index is 12.3. The summed E-state index contributed by atoms with van der Waals surface area (Å²) in [5, 5.41) is 14.9. The molecular formula is C20H17N5O. The van der Waals surface area contributed by atoms with Crippen LogP contribution in [0.4, 0.5) is 11.6 Å². The number of hydrogen-bond acceptors (Lipinski definition) is 5. The number of amides is 1. The number of benzene rings is 2. The summed E-state index contributed by atoms with van der Waals surface area (Å²) in [6.07, 6.45) is 2.91. The van der Waals surface area contributed by atoms with Crippen molar-refractivity contribution >= 4 is 17.5 Å². The number of hydrogen-bond donors (Lipinski definition) is 2. The molecule has 0 radical (unpaired) electrons. The second kappa shape index (κ2) is 7.90. The van der Waals surface area contributed by atoms with Gasteiger partial charge in [0.05, 0.1) is 16.8 Å². The summed E-state index contributed by atoms with van der Waals surface area (Å²) in [7, 11) is 0. The molecule has 0 atom stereocenters. The molecule has 0 fully saturated rings. The van der Waals surface area contributed by atoms with Gasteiger partial charge in [0.2, 0.25) is 5.95 Å². The molecule has 3 rings (SSSR count). The quantitative estimate of drug-likeness (QED) is 0.739. The van der Waals surface area contributed by atoms with Crippen LogP contribution in [-0.4, -0.2) is 15.9 Å². The Morgan fingerprint density at radius 2 is 1.77 bits per heavy atom. The number of aryl methyl sites for hydroxylation is 1. The number of rotatable bonds is 5. The highest BCUT2D eigenvalue weighted by Gasteiger charge is 2.10. The lowest BCUT2D eigenvalue weighted by Gasteiger charge is -2.08. The van der Waals surface area contributed by atoms with E-state index in [4.69, 9.17) is 5.26 Å². The van der Waals surface area contributed by atoms with Crippen LogP contribution in [0.3, 0.4) is 0 Å². The largest absolute Gasteiger partial charge is 0.350 e. The van der Waals surface area contributed by atoms with E-state index in [1.54, 1.807) is 24.3 Å². The summed E-state index contributed by atoms with van der Waals surface area (Å²) in [6.45, 7) is 2.64. The zero-order chi connectivity index (χ0) is 18.4. The number of nitriles is 1. The van der Waals surface area contributed by atoms with E-state index >= 15 is 0 Å². The Kier molecular flexibility index (Phi) is 5.20. The highest BCUT2D eigenvalue weighted by molar-refractivity contribution is 6.04. The van der Waals surface area contributed by atoms with Gasteiger partial charge in [-0.2, -0.15) is 5.26 Å². The van der Waals surface area contributed by atoms with E-state index in [2.05, 4.69) is 20.6 Å². The van der Waals surface area contributed by atoms with Crippen molar-refractivity contribution in [2.45, 2.75) is 13.5 Å². The molecule has 1 amide bonds. The fourth-order valence-corrected chi connectivity index (χ4v) is 2.31. The molecule has 1 aromatic heterocycles. The molecule has 0 spiro atoms. The molecule has 26 heavy (non-hydrogen) atoms. The molecule has 6 nitrogen and oxygen atoms in total. The lowest BCUT2D eigenvalue weighted by Crippen LogP contribution is -2.14. The first kappa shape index (κ1) is 17.1. The van der Waals surface area contributed by atoms with Gasteiger partial charge in [0.25, 0.3) is 5.91 Å². The first-order valence-electron chi connectivity index (χ1n) is 8.07. The van der Waals surface area contributed by atoms with Crippen LogP contribution in [0.1, 0.15) is 27.0 Å². The minimum Gasteiger partial charge on any atom is -0.350 e. The zero-order valence-corrected chi connectivity index (χ0v) is 14.2. The molecule has 6 heteroatoms. The van der Waals surface area contributed by atoms with Gasteiger partial charge >= 0.3 is 0 Å². The Hall–Kier alpha value is -3.72. The molecule has 0 aliphatic heterocycles. The second-order valence-electron chi connectivity index (χ2n) is 5.75. The molecule has 2 N–H and O–H groups in total. The normalized spacial score (nSPS) is 10.0. The third-order valence-electron chi connectivity index (χ3n) is 3.78. The number of nitrogens with zero attached hydrogens (tertiary/aromatic N) is 3. The lowest BCUT2D eigenvalue weighted by atomic mass is 10.1. The number of aromatic nitrogens is 2. The Bertz CT molecular complexity index is 943. The maximum Gasteiger partial charge on any atom is 0.258 e. The minimum absolute atomic E-state index is 0.318. The van der Waals surface area contributed by atoms with Crippen molar-refractivity contribution in [3.63, 3.8) is 0 Å². The zero-order valence-electron chi connectivity index (χ0n) is 14.2. The maximum atomic E-state index is 12.3. The van der Waals surface area contributed by atoms with Gasteiger partial charge in [-0.15, -0.1) is 0 Å². The van der Waals surface area contributed by atoms with Crippen LogP contribution in [0, 0.1) is 18.3 Å². The van der Waals surface area contributed by atoms with E-state index in [9.17, 15) is 4.79 Å². The van der Waals surface area contributed by atoms with E-state index in [-0.39, 0.29) is 5.91 Å². The first-order chi connectivity index (χ1) is 12.7. The van der Waals surface area contributed by atoms with E-state index in [0.29, 0.717) is 29.3 Å². The predicted molar refractivity (Wildman–Crippen MR) is 99.6 cm³/mol. The van der Waals surface area contributed by atoms with Crippen molar-refractivity contribution in [1.82, 2.24) is 9.97 Å². The molecule has 0 aliphatic carbocycles. The van der Waals surface area contributed by atoms with E-state index in [0.717, 1.165) is 5.56 Å². The summed E-state index contributed by atoms with van der Waals surface area (Å²) in [5.41, 5.74) is 3.51. The van der Waals surface area contributed by atoms with Crippen LogP contribution < -0.4 is 10.6 Å². The fraction of sp³-hybridized carbons (Fsp3) is 0.100. The molecular weight excluding hydrogens is 326 g/mol. The lowest BCUT2D eigenvalue weighted by molar-refractivity contribution is 0.102. The summed E-state index contributed by atoms with van der Waals surface area (Å²) in [4.78, 5) is 20.6. The monoisotopic (exact) mass is 343 g/mol. The van der Waals surface area contributed by atoms with Crippen molar-refractivity contribution in [2.75, 3.05) is 10.6 Å². The third-order valence-corrected chi connectivity index (χ3v) is 3.78. The van der Waals surface area contributed by atoms with Gasteiger partial charge in [0.1, 0.15) is 6.07 Å². The Morgan fingerprint density at radius 1 is 1.08 bits per heavy atom. The summed E-state index contributed by atoms with van der Waals surface area (Å²) in [6, 6.07) is 17.0. The summed E-state index contributed by atoms with van der Waals surface area (Å²) >= 11 is 0. The topological polar surface area (TPSA) is 90.7 Å². The van der Waals surface area contributed by atoms with E-state index < -0.39 is 0 Å². The molecule has 1 heterocycles. The van der Waals surface area contributed by atoms with Gasteiger partial charge in [-0.25, -0.2) is 9.97 Å². The van der Waals surface area contributed by atoms with Gasteiger partial charge < -0.3 is 10.6 Å². The van der Waals surface area contributed by atoms with Crippen LogP contribution in [0.15, 0.2) is 60.9 Å². The van der Waals surface area contributed by atoms with Crippen LogP contribution in [0.2, 0.25) is 0 Å². The van der Waals surface area contributed by atoms with Crippen molar-refractivity contribution < 1.29 is 4.79 Å². The Balaban J connectivity index is 1.62. The van der Waals surface area contributed by atoms with Crippen LogP contribution in [0.25, 0.3) is 0 Å². The number of para-hydroxylation sites is 1. The Morgan fingerprint density at radius 3 is 2.46 bits per heavy atom. The third kappa shape index (κ3) is 4.22. The second-order valence-corrected chi connectivity index (χ2v) is 5.75. The first-order valence-corrected chi connectivity index (χ1v) is 8.07. The van der Waals surface area contributed by atoms with Gasteiger partial charge in [0.15, 0.2) is 0 Å². The van der Waals surface area contributed by atoms with E-state index in [1.807, 2.05) is 37.3 Å². The minimum atomic E-state index is -0.363. The van der Waals surface area contributed by atoms with Gasteiger partial charge in [-0.3, -0.25) is 4.79 Å².